The van der Waals surface area contributed by atoms with E-state index in [1.54, 1.807) is 12.1 Å². The maximum atomic E-state index is 13.4. The first-order valence-electron chi connectivity index (χ1n) is 4.47. The molecule has 70 valence electrons. The molecule has 0 bridgehead atoms. The number of halogens is 1. The van der Waals surface area contributed by atoms with Gasteiger partial charge >= 0.3 is 0 Å². The van der Waals surface area contributed by atoms with Crippen molar-refractivity contribution in [3.05, 3.63) is 35.6 Å². The molecule has 2 nitrogen and oxygen atoms in total. The van der Waals surface area contributed by atoms with Crippen LogP contribution in [0.2, 0.25) is 0 Å². The molecule has 0 saturated carbocycles. The lowest BCUT2D eigenvalue weighted by atomic mass is 9.90. The van der Waals surface area contributed by atoms with Crippen molar-refractivity contribution in [1.82, 2.24) is 5.32 Å². The molecule has 0 aromatic heterocycles. The van der Waals surface area contributed by atoms with E-state index < -0.39 is 5.54 Å². The van der Waals surface area contributed by atoms with Crippen LogP contribution in [0.5, 0.6) is 0 Å². The van der Waals surface area contributed by atoms with Gasteiger partial charge in [0, 0.05) is 12.1 Å². The summed E-state index contributed by atoms with van der Waals surface area (Å²) in [4.78, 5) is 0. The molecule has 0 radical (unpaired) electrons. The number of nitrogens with one attached hydrogen (secondary N) is 1. The van der Waals surface area contributed by atoms with Crippen LogP contribution >= 0.6 is 0 Å². The Morgan fingerprint density at radius 2 is 2.15 bits per heavy atom. The van der Waals surface area contributed by atoms with Crippen LogP contribution in [-0.4, -0.2) is 13.1 Å². The zero-order chi connectivity index (χ0) is 9.31. The van der Waals surface area contributed by atoms with Gasteiger partial charge in [-0.15, -0.1) is 0 Å². The number of benzene rings is 1. The molecule has 1 heterocycles. The van der Waals surface area contributed by atoms with Gasteiger partial charge < -0.3 is 11.1 Å². The van der Waals surface area contributed by atoms with E-state index in [9.17, 15) is 4.39 Å². The Balaban J connectivity index is 2.39. The fourth-order valence-corrected chi connectivity index (χ4v) is 1.81. The molecule has 1 saturated heterocycles. The van der Waals surface area contributed by atoms with E-state index in [1.807, 2.05) is 6.07 Å². The lowest BCUT2D eigenvalue weighted by molar-refractivity contribution is 0.459. The number of nitrogens with two attached hydrogens (primary N) is 1. The van der Waals surface area contributed by atoms with Crippen LogP contribution < -0.4 is 11.1 Å². The van der Waals surface area contributed by atoms with E-state index in [4.69, 9.17) is 5.73 Å². The van der Waals surface area contributed by atoms with Gasteiger partial charge in [0.2, 0.25) is 0 Å². The van der Waals surface area contributed by atoms with Crippen molar-refractivity contribution in [3.63, 3.8) is 0 Å². The summed E-state index contributed by atoms with van der Waals surface area (Å²) in [6.07, 6.45) is 0.800. The third kappa shape index (κ3) is 1.45. The van der Waals surface area contributed by atoms with Gasteiger partial charge in [-0.25, -0.2) is 4.39 Å². The Bertz CT molecular complexity index is 306. The predicted molar refractivity (Wildman–Crippen MR) is 49.8 cm³/mol. The molecule has 1 atom stereocenters. The minimum atomic E-state index is -0.509. The van der Waals surface area contributed by atoms with Crippen LogP contribution in [0.1, 0.15) is 12.0 Å². The van der Waals surface area contributed by atoms with E-state index in [0.29, 0.717) is 12.1 Å². The van der Waals surface area contributed by atoms with E-state index in [1.165, 1.54) is 6.07 Å². The number of rotatable bonds is 1. The lowest BCUT2D eigenvalue weighted by Gasteiger charge is -2.23. The van der Waals surface area contributed by atoms with E-state index >= 15 is 0 Å². The van der Waals surface area contributed by atoms with Crippen molar-refractivity contribution in [2.45, 2.75) is 12.0 Å². The fraction of sp³-hybridized carbons (Fsp3) is 0.400. The molecule has 2 rings (SSSR count). The zero-order valence-corrected chi connectivity index (χ0v) is 7.39. The lowest BCUT2D eigenvalue weighted by Crippen LogP contribution is -2.39. The van der Waals surface area contributed by atoms with Crippen LogP contribution in [0, 0.1) is 5.82 Å². The van der Waals surface area contributed by atoms with E-state index in [0.717, 1.165) is 13.0 Å². The highest BCUT2D eigenvalue weighted by atomic mass is 19.1. The standard InChI is InChI=1S/C10H13FN2/c11-9-4-2-1-3-8(9)10(12)5-6-13-7-10/h1-4,13H,5-7,12H2. The Labute approximate surface area is 76.9 Å². The highest BCUT2D eigenvalue weighted by Crippen LogP contribution is 2.26. The fourth-order valence-electron chi connectivity index (χ4n) is 1.81. The molecular formula is C10H13FN2. The predicted octanol–water partition coefficient (Wildman–Crippen LogP) is 0.973. The molecule has 0 spiro atoms. The smallest absolute Gasteiger partial charge is 0.128 e. The van der Waals surface area contributed by atoms with E-state index in [2.05, 4.69) is 5.32 Å². The summed E-state index contributed by atoms with van der Waals surface area (Å²) in [5.74, 6) is -0.200. The van der Waals surface area contributed by atoms with Crippen molar-refractivity contribution in [2.75, 3.05) is 13.1 Å². The Hall–Kier alpha value is -0.930. The van der Waals surface area contributed by atoms with Gasteiger partial charge in [0.1, 0.15) is 5.82 Å². The van der Waals surface area contributed by atoms with Gasteiger partial charge in [0.05, 0.1) is 5.54 Å². The quantitative estimate of drug-likeness (QED) is 0.676. The van der Waals surface area contributed by atoms with Gasteiger partial charge in [-0.2, -0.15) is 0 Å². The summed E-state index contributed by atoms with van der Waals surface area (Å²) in [7, 11) is 0. The summed E-state index contributed by atoms with van der Waals surface area (Å²) >= 11 is 0. The molecule has 1 fully saturated rings. The van der Waals surface area contributed by atoms with Crippen LogP contribution in [0.25, 0.3) is 0 Å². The summed E-state index contributed by atoms with van der Waals surface area (Å²) < 4.78 is 13.4. The maximum absolute atomic E-state index is 13.4. The molecule has 0 amide bonds. The average molecular weight is 180 g/mol. The average Bonchev–Trinajstić information content (AvgIpc) is 2.54. The number of hydrogen-bond donors (Lipinski definition) is 2. The van der Waals surface area contributed by atoms with Crippen LogP contribution in [0.15, 0.2) is 24.3 Å². The molecule has 3 heteroatoms. The van der Waals surface area contributed by atoms with Gasteiger partial charge in [-0.1, -0.05) is 18.2 Å². The SMILES string of the molecule is NC1(c2ccccc2F)CCNC1. The summed E-state index contributed by atoms with van der Waals surface area (Å²) in [5.41, 5.74) is 6.20. The minimum Gasteiger partial charge on any atom is -0.320 e. The largest absolute Gasteiger partial charge is 0.320 e. The first-order chi connectivity index (χ1) is 6.22. The van der Waals surface area contributed by atoms with Crippen molar-refractivity contribution in [1.29, 1.82) is 0 Å². The summed E-state index contributed by atoms with van der Waals surface area (Å²) in [6, 6.07) is 6.74. The van der Waals surface area contributed by atoms with Crippen LogP contribution in [0.3, 0.4) is 0 Å². The summed E-state index contributed by atoms with van der Waals surface area (Å²) in [6.45, 7) is 1.53. The van der Waals surface area contributed by atoms with E-state index in [-0.39, 0.29) is 5.82 Å². The number of hydrogen-bond acceptors (Lipinski definition) is 2. The van der Waals surface area contributed by atoms with Gasteiger partial charge in [-0.3, -0.25) is 0 Å². The second-order valence-electron chi connectivity index (χ2n) is 3.56. The van der Waals surface area contributed by atoms with Crippen molar-refractivity contribution in [2.24, 2.45) is 5.73 Å². The van der Waals surface area contributed by atoms with Crippen molar-refractivity contribution < 1.29 is 4.39 Å². The molecule has 3 N–H and O–H groups in total. The third-order valence-electron chi connectivity index (χ3n) is 2.60. The molecule has 1 aromatic rings. The second-order valence-corrected chi connectivity index (χ2v) is 3.56. The monoisotopic (exact) mass is 180 g/mol. The van der Waals surface area contributed by atoms with Gasteiger partial charge in [0.15, 0.2) is 0 Å². The Morgan fingerprint density at radius 3 is 2.77 bits per heavy atom. The first-order valence-corrected chi connectivity index (χ1v) is 4.47. The molecule has 13 heavy (non-hydrogen) atoms. The minimum absolute atomic E-state index is 0.200. The Kier molecular flexibility index (Phi) is 2.06. The van der Waals surface area contributed by atoms with Crippen LogP contribution in [0.4, 0.5) is 4.39 Å². The first kappa shape index (κ1) is 8.66. The normalized spacial score (nSPS) is 27.8. The summed E-state index contributed by atoms with van der Waals surface area (Å²) in [5, 5.41) is 3.15. The molecule has 0 aliphatic carbocycles. The molecule has 1 aliphatic rings. The van der Waals surface area contributed by atoms with Gasteiger partial charge in [-0.05, 0) is 19.0 Å². The molecule has 1 unspecified atom stereocenters. The van der Waals surface area contributed by atoms with Crippen molar-refractivity contribution >= 4 is 0 Å². The van der Waals surface area contributed by atoms with Gasteiger partial charge in [0.25, 0.3) is 0 Å². The topological polar surface area (TPSA) is 38.0 Å². The molecular weight excluding hydrogens is 167 g/mol. The zero-order valence-electron chi connectivity index (χ0n) is 7.39. The maximum Gasteiger partial charge on any atom is 0.128 e. The molecule has 1 aliphatic heterocycles. The van der Waals surface area contributed by atoms with Crippen LogP contribution in [-0.2, 0) is 5.54 Å². The third-order valence-corrected chi connectivity index (χ3v) is 2.60. The molecule has 1 aromatic carbocycles. The second kappa shape index (κ2) is 3.09. The highest BCUT2D eigenvalue weighted by molar-refractivity contribution is 5.27. The van der Waals surface area contributed by atoms with Crippen molar-refractivity contribution in [3.8, 4) is 0 Å². The highest BCUT2D eigenvalue weighted by Gasteiger charge is 2.33. The Morgan fingerprint density at radius 1 is 1.38 bits per heavy atom.